The number of hydrogen-bond donors (Lipinski definition) is 1. The van der Waals surface area contributed by atoms with Gasteiger partial charge < -0.3 is 19.7 Å². The van der Waals surface area contributed by atoms with Crippen molar-refractivity contribution in [3.63, 3.8) is 0 Å². The summed E-state index contributed by atoms with van der Waals surface area (Å²) >= 11 is 0. The van der Waals surface area contributed by atoms with Crippen LogP contribution in [0.1, 0.15) is 66.2 Å². The molecular formula is C20H35N3O4. The number of hydrogen-bond acceptors (Lipinski definition) is 5. The molecule has 3 fully saturated rings. The summed E-state index contributed by atoms with van der Waals surface area (Å²) in [5.41, 5.74) is -0.475. The summed E-state index contributed by atoms with van der Waals surface area (Å²) in [7, 11) is 0. The number of likely N-dealkylation sites (tertiary alicyclic amines) is 1. The molecule has 3 rings (SSSR count). The lowest BCUT2D eigenvalue weighted by atomic mass is 9.93. The first-order chi connectivity index (χ1) is 12.8. The van der Waals surface area contributed by atoms with Gasteiger partial charge in [-0.25, -0.2) is 9.59 Å². The van der Waals surface area contributed by atoms with Crippen molar-refractivity contribution in [1.82, 2.24) is 15.1 Å². The zero-order valence-corrected chi connectivity index (χ0v) is 17.2. The number of ether oxygens (including phenoxy) is 2. The molecule has 3 saturated heterocycles. The first-order valence-electron chi connectivity index (χ1n) is 10.5. The van der Waals surface area contributed by atoms with Crippen LogP contribution in [-0.2, 0) is 9.47 Å². The number of piperidine rings is 2. The van der Waals surface area contributed by atoms with Crippen molar-refractivity contribution in [3.8, 4) is 0 Å². The minimum Gasteiger partial charge on any atom is -0.450 e. The van der Waals surface area contributed by atoms with Crippen molar-refractivity contribution in [2.24, 2.45) is 0 Å². The monoisotopic (exact) mass is 381 g/mol. The summed E-state index contributed by atoms with van der Waals surface area (Å²) in [6, 6.07) is 1.21. The van der Waals surface area contributed by atoms with Gasteiger partial charge in [-0.1, -0.05) is 0 Å². The molecule has 0 spiro atoms. The molecule has 2 bridgehead atoms. The number of fused-ring (bicyclic) bond motifs is 2. The van der Waals surface area contributed by atoms with E-state index in [2.05, 4.69) is 10.2 Å². The maximum absolute atomic E-state index is 12.3. The highest BCUT2D eigenvalue weighted by Crippen LogP contribution is 2.38. The Bertz CT molecular complexity index is 534. The molecule has 3 aliphatic rings. The van der Waals surface area contributed by atoms with E-state index in [0.717, 1.165) is 51.6 Å². The fraction of sp³-hybridized carbons (Fsp3) is 0.900. The highest BCUT2D eigenvalue weighted by molar-refractivity contribution is 5.69. The van der Waals surface area contributed by atoms with Crippen molar-refractivity contribution in [1.29, 1.82) is 0 Å². The molecule has 7 nitrogen and oxygen atoms in total. The molecule has 3 aliphatic heterocycles. The quantitative estimate of drug-likeness (QED) is 0.813. The number of amides is 2. The molecule has 27 heavy (non-hydrogen) atoms. The van der Waals surface area contributed by atoms with Crippen molar-refractivity contribution >= 4 is 12.2 Å². The maximum Gasteiger partial charge on any atom is 0.410 e. The second-order valence-corrected chi connectivity index (χ2v) is 9.10. The van der Waals surface area contributed by atoms with Crippen LogP contribution in [0.3, 0.4) is 0 Å². The van der Waals surface area contributed by atoms with Gasteiger partial charge in [0.2, 0.25) is 0 Å². The normalized spacial score (nSPS) is 31.5. The van der Waals surface area contributed by atoms with E-state index in [9.17, 15) is 9.59 Å². The Morgan fingerprint density at radius 2 is 1.74 bits per heavy atom. The van der Waals surface area contributed by atoms with Crippen LogP contribution in [-0.4, -0.2) is 71.5 Å². The number of nitrogens with one attached hydrogen (secondary N) is 1. The summed E-state index contributed by atoms with van der Waals surface area (Å²) in [5, 5.41) is 3.04. The third-order valence-electron chi connectivity index (χ3n) is 5.88. The van der Waals surface area contributed by atoms with Crippen molar-refractivity contribution in [2.75, 3.05) is 19.7 Å². The Balaban J connectivity index is 1.54. The van der Waals surface area contributed by atoms with Crippen molar-refractivity contribution in [3.05, 3.63) is 0 Å². The van der Waals surface area contributed by atoms with E-state index in [1.54, 1.807) is 0 Å². The highest BCUT2D eigenvalue weighted by Gasteiger charge is 2.45. The van der Waals surface area contributed by atoms with E-state index in [-0.39, 0.29) is 18.2 Å². The van der Waals surface area contributed by atoms with E-state index in [1.807, 2.05) is 32.6 Å². The molecule has 0 aromatic carbocycles. The van der Waals surface area contributed by atoms with Gasteiger partial charge in [-0.2, -0.15) is 0 Å². The predicted molar refractivity (Wildman–Crippen MR) is 103 cm³/mol. The largest absolute Gasteiger partial charge is 0.450 e. The Morgan fingerprint density at radius 1 is 1.07 bits per heavy atom. The van der Waals surface area contributed by atoms with Crippen LogP contribution in [0.25, 0.3) is 0 Å². The second-order valence-electron chi connectivity index (χ2n) is 9.10. The minimum atomic E-state index is -0.475. The lowest BCUT2D eigenvalue weighted by Crippen LogP contribution is -2.57. The van der Waals surface area contributed by atoms with E-state index in [1.165, 1.54) is 0 Å². The Kier molecular flexibility index (Phi) is 6.18. The van der Waals surface area contributed by atoms with Gasteiger partial charge in [0.1, 0.15) is 5.60 Å². The van der Waals surface area contributed by atoms with Gasteiger partial charge in [-0.3, -0.25) is 4.90 Å². The summed E-state index contributed by atoms with van der Waals surface area (Å²) in [5.74, 6) is 0. The van der Waals surface area contributed by atoms with Crippen LogP contribution < -0.4 is 5.32 Å². The Hall–Kier alpha value is -1.50. The number of nitrogens with zero attached hydrogens (tertiary/aromatic N) is 2. The number of alkyl carbamates (subject to hydrolysis) is 1. The molecule has 7 heteroatoms. The van der Waals surface area contributed by atoms with Crippen molar-refractivity contribution < 1.29 is 19.1 Å². The molecule has 0 aromatic rings. The maximum atomic E-state index is 12.3. The minimum absolute atomic E-state index is 0.134. The summed E-state index contributed by atoms with van der Waals surface area (Å²) in [6.45, 7) is 9.87. The van der Waals surface area contributed by atoms with Crippen LogP contribution in [0.4, 0.5) is 9.59 Å². The first kappa shape index (κ1) is 20.2. The van der Waals surface area contributed by atoms with Gasteiger partial charge in [0.15, 0.2) is 0 Å². The summed E-state index contributed by atoms with van der Waals surface area (Å²) < 4.78 is 10.7. The topological polar surface area (TPSA) is 71.1 Å². The third kappa shape index (κ3) is 5.06. The standard InChI is InChI=1S/C20H35N3O4/c1-5-26-19(25)23-15-8-9-16(23)12-17(11-15)22-10-6-7-14(13-22)21-18(24)27-20(2,3)4/h14-17H,5-13H2,1-4H3,(H,21,24). The van der Waals surface area contributed by atoms with Crippen LogP contribution >= 0.6 is 0 Å². The molecule has 0 aliphatic carbocycles. The van der Waals surface area contributed by atoms with E-state index in [0.29, 0.717) is 24.7 Å². The summed E-state index contributed by atoms with van der Waals surface area (Å²) in [4.78, 5) is 28.9. The fourth-order valence-electron chi connectivity index (χ4n) is 4.87. The molecule has 0 aromatic heterocycles. The molecule has 1 N–H and O–H groups in total. The zero-order valence-electron chi connectivity index (χ0n) is 17.2. The first-order valence-corrected chi connectivity index (χ1v) is 10.5. The van der Waals surface area contributed by atoms with Gasteiger partial charge in [0.25, 0.3) is 0 Å². The number of carbonyl (C=O) groups is 2. The SMILES string of the molecule is CCOC(=O)N1C2CCC1CC(N1CCCC(NC(=O)OC(C)(C)C)C1)C2. The van der Waals surface area contributed by atoms with Gasteiger partial charge in [-0.15, -0.1) is 0 Å². The van der Waals surface area contributed by atoms with Gasteiger partial charge in [0, 0.05) is 30.7 Å². The Morgan fingerprint density at radius 3 is 2.33 bits per heavy atom. The number of rotatable bonds is 3. The lowest BCUT2D eigenvalue weighted by Gasteiger charge is -2.45. The molecule has 0 saturated carbocycles. The van der Waals surface area contributed by atoms with Crippen molar-refractivity contribution in [2.45, 2.75) is 96.0 Å². The van der Waals surface area contributed by atoms with E-state index in [4.69, 9.17) is 9.47 Å². The highest BCUT2D eigenvalue weighted by atomic mass is 16.6. The fourth-order valence-corrected chi connectivity index (χ4v) is 4.87. The molecular weight excluding hydrogens is 346 g/mol. The van der Waals surface area contributed by atoms with Gasteiger partial charge >= 0.3 is 12.2 Å². The third-order valence-corrected chi connectivity index (χ3v) is 5.88. The molecule has 0 radical (unpaired) electrons. The van der Waals surface area contributed by atoms with Crippen LogP contribution in [0.2, 0.25) is 0 Å². The molecule has 2 amide bonds. The van der Waals surface area contributed by atoms with E-state index < -0.39 is 5.60 Å². The second kappa shape index (κ2) is 8.25. The zero-order chi connectivity index (χ0) is 19.6. The summed E-state index contributed by atoms with van der Waals surface area (Å²) in [6.07, 6.45) is 5.76. The predicted octanol–water partition coefficient (Wildman–Crippen LogP) is 3.13. The van der Waals surface area contributed by atoms with Gasteiger partial charge in [0.05, 0.1) is 6.61 Å². The number of carbonyl (C=O) groups excluding carboxylic acids is 2. The molecule has 3 atom stereocenters. The smallest absolute Gasteiger partial charge is 0.410 e. The molecule has 154 valence electrons. The molecule has 3 heterocycles. The van der Waals surface area contributed by atoms with Gasteiger partial charge in [-0.05, 0) is 72.8 Å². The average molecular weight is 382 g/mol. The van der Waals surface area contributed by atoms with Crippen LogP contribution in [0, 0.1) is 0 Å². The lowest BCUT2D eigenvalue weighted by molar-refractivity contribution is 0.0255. The average Bonchev–Trinajstić information content (AvgIpc) is 2.83. The van der Waals surface area contributed by atoms with Crippen LogP contribution in [0.15, 0.2) is 0 Å². The molecule has 3 unspecified atom stereocenters. The van der Waals surface area contributed by atoms with Crippen LogP contribution in [0.5, 0.6) is 0 Å². The Labute approximate surface area is 162 Å². The van der Waals surface area contributed by atoms with E-state index >= 15 is 0 Å².